The zero-order chi connectivity index (χ0) is 11.4. The first-order chi connectivity index (χ1) is 7.74. The molecule has 0 aliphatic rings. The number of anilines is 1. The van der Waals surface area contributed by atoms with Gasteiger partial charge in [0.05, 0.1) is 5.69 Å². The van der Waals surface area contributed by atoms with E-state index in [4.69, 9.17) is 10.5 Å². The van der Waals surface area contributed by atoms with Gasteiger partial charge in [0.2, 0.25) is 0 Å². The molecule has 0 bridgehead atoms. The highest BCUT2D eigenvalue weighted by atomic mass is 19.1. The molecule has 5 heteroatoms. The van der Waals surface area contributed by atoms with Gasteiger partial charge < -0.3 is 10.5 Å². The predicted molar refractivity (Wildman–Crippen MR) is 57.2 cm³/mol. The number of ether oxygens (including phenoxy) is 1. The quantitative estimate of drug-likeness (QED) is 0.854. The van der Waals surface area contributed by atoms with Crippen LogP contribution >= 0.6 is 0 Å². The van der Waals surface area contributed by atoms with Crippen molar-refractivity contribution in [3.8, 4) is 5.75 Å². The first-order valence-electron chi connectivity index (χ1n) is 4.69. The molecule has 0 amide bonds. The van der Waals surface area contributed by atoms with E-state index in [1.165, 1.54) is 18.5 Å². The largest absolute Gasteiger partial charge is 0.487 e. The number of nitrogens with zero attached hydrogens (tertiary/aromatic N) is 2. The monoisotopic (exact) mass is 219 g/mol. The molecule has 1 aromatic carbocycles. The first-order valence-corrected chi connectivity index (χ1v) is 4.69. The maximum Gasteiger partial charge on any atom is 0.130 e. The lowest BCUT2D eigenvalue weighted by molar-refractivity contribution is 0.300. The molecule has 2 aromatic rings. The van der Waals surface area contributed by atoms with E-state index in [-0.39, 0.29) is 12.4 Å². The first kappa shape index (κ1) is 10.4. The summed E-state index contributed by atoms with van der Waals surface area (Å²) in [6.07, 6.45) is 1.37. The molecule has 0 atom stereocenters. The minimum absolute atomic E-state index is 0.276. The lowest BCUT2D eigenvalue weighted by Gasteiger charge is -2.05. The van der Waals surface area contributed by atoms with Crippen LogP contribution in [-0.4, -0.2) is 9.97 Å². The number of nitrogen functional groups attached to an aromatic ring is 1. The molecule has 1 aromatic heterocycles. The van der Waals surface area contributed by atoms with Crippen LogP contribution in [0.5, 0.6) is 5.75 Å². The van der Waals surface area contributed by atoms with Crippen LogP contribution in [0, 0.1) is 5.82 Å². The van der Waals surface area contributed by atoms with Crippen molar-refractivity contribution in [1.82, 2.24) is 9.97 Å². The van der Waals surface area contributed by atoms with Gasteiger partial charge in [-0.3, -0.25) is 0 Å². The number of aromatic nitrogens is 2. The van der Waals surface area contributed by atoms with Gasteiger partial charge in [-0.2, -0.15) is 0 Å². The van der Waals surface area contributed by atoms with Crippen molar-refractivity contribution in [2.75, 3.05) is 5.73 Å². The summed E-state index contributed by atoms with van der Waals surface area (Å²) in [6.45, 7) is 0.276. The van der Waals surface area contributed by atoms with Crippen LogP contribution in [0.4, 0.5) is 10.2 Å². The van der Waals surface area contributed by atoms with Crippen LogP contribution in [0.3, 0.4) is 0 Å². The highest BCUT2D eigenvalue weighted by Crippen LogP contribution is 2.12. The zero-order valence-electron chi connectivity index (χ0n) is 8.43. The van der Waals surface area contributed by atoms with Crippen molar-refractivity contribution in [2.24, 2.45) is 0 Å². The number of halogens is 1. The van der Waals surface area contributed by atoms with E-state index in [9.17, 15) is 4.39 Å². The fourth-order valence-electron chi connectivity index (χ4n) is 1.18. The second-order valence-electron chi connectivity index (χ2n) is 3.18. The van der Waals surface area contributed by atoms with E-state index in [2.05, 4.69) is 9.97 Å². The Morgan fingerprint density at radius 2 is 1.94 bits per heavy atom. The van der Waals surface area contributed by atoms with Gasteiger partial charge in [-0.1, -0.05) is 0 Å². The van der Waals surface area contributed by atoms with Crippen molar-refractivity contribution in [1.29, 1.82) is 0 Å². The Bertz CT molecular complexity index is 473. The number of hydrogen-bond donors (Lipinski definition) is 1. The normalized spacial score (nSPS) is 10.1. The van der Waals surface area contributed by atoms with E-state index in [0.717, 1.165) is 0 Å². The molecule has 0 aliphatic carbocycles. The molecule has 0 radical (unpaired) electrons. The molecule has 0 saturated carbocycles. The summed E-state index contributed by atoms with van der Waals surface area (Å²) in [5.74, 6) is 0.685. The van der Waals surface area contributed by atoms with Crippen molar-refractivity contribution in [3.63, 3.8) is 0 Å². The molecule has 0 spiro atoms. The smallest absolute Gasteiger partial charge is 0.130 e. The summed E-state index contributed by atoms with van der Waals surface area (Å²) in [5.41, 5.74) is 6.17. The van der Waals surface area contributed by atoms with E-state index >= 15 is 0 Å². The van der Waals surface area contributed by atoms with Gasteiger partial charge in [0.1, 0.15) is 30.3 Å². The predicted octanol–water partition coefficient (Wildman–Crippen LogP) is 1.78. The van der Waals surface area contributed by atoms with Crippen molar-refractivity contribution in [2.45, 2.75) is 6.61 Å². The summed E-state index contributed by atoms with van der Waals surface area (Å²) in [5, 5.41) is 0. The van der Waals surface area contributed by atoms with Crippen LogP contribution in [0.2, 0.25) is 0 Å². The molecule has 2 N–H and O–H groups in total. The molecule has 0 saturated heterocycles. The molecule has 0 unspecified atom stereocenters. The van der Waals surface area contributed by atoms with Gasteiger partial charge in [-0.25, -0.2) is 14.4 Å². The summed E-state index contributed by atoms with van der Waals surface area (Å²) < 4.78 is 18.0. The number of benzene rings is 1. The third kappa shape index (κ3) is 2.66. The molecule has 0 fully saturated rings. The molecular formula is C11H10FN3O. The van der Waals surface area contributed by atoms with Gasteiger partial charge in [-0.05, 0) is 24.3 Å². The number of nitrogens with two attached hydrogens (primary N) is 1. The van der Waals surface area contributed by atoms with E-state index in [1.807, 2.05) is 0 Å². The topological polar surface area (TPSA) is 61.0 Å². The molecule has 0 aliphatic heterocycles. The van der Waals surface area contributed by atoms with Gasteiger partial charge in [0.25, 0.3) is 0 Å². The Morgan fingerprint density at radius 1 is 1.19 bits per heavy atom. The maximum absolute atomic E-state index is 12.6. The summed E-state index contributed by atoms with van der Waals surface area (Å²) in [6, 6.07) is 7.41. The fraction of sp³-hybridized carbons (Fsp3) is 0.0909. The fourth-order valence-corrected chi connectivity index (χ4v) is 1.18. The third-order valence-corrected chi connectivity index (χ3v) is 1.95. The molecule has 1 heterocycles. The number of hydrogen-bond acceptors (Lipinski definition) is 4. The van der Waals surface area contributed by atoms with E-state index in [1.54, 1.807) is 18.2 Å². The zero-order valence-corrected chi connectivity index (χ0v) is 8.43. The lowest BCUT2D eigenvalue weighted by Crippen LogP contribution is -2.00. The van der Waals surface area contributed by atoms with Gasteiger partial charge in [0.15, 0.2) is 0 Å². The van der Waals surface area contributed by atoms with Gasteiger partial charge >= 0.3 is 0 Å². The van der Waals surface area contributed by atoms with E-state index < -0.39 is 0 Å². The van der Waals surface area contributed by atoms with Crippen molar-refractivity contribution < 1.29 is 9.13 Å². The summed E-state index contributed by atoms with van der Waals surface area (Å²) in [4.78, 5) is 7.75. The van der Waals surface area contributed by atoms with Crippen molar-refractivity contribution >= 4 is 5.82 Å². The minimum atomic E-state index is -0.293. The Morgan fingerprint density at radius 3 is 2.62 bits per heavy atom. The average molecular weight is 219 g/mol. The molecule has 16 heavy (non-hydrogen) atoms. The van der Waals surface area contributed by atoms with Crippen LogP contribution in [0.1, 0.15) is 5.69 Å². The Hall–Kier alpha value is -2.17. The average Bonchev–Trinajstić information content (AvgIpc) is 2.28. The lowest BCUT2D eigenvalue weighted by atomic mass is 10.3. The Balaban J connectivity index is 1.99. The second kappa shape index (κ2) is 4.57. The van der Waals surface area contributed by atoms with Gasteiger partial charge in [-0.15, -0.1) is 0 Å². The molecule has 2 rings (SSSR count). The van der Waals surface area contributed by atoms with E-state index in [0.29, 0.717) is 17.3 Å². The van der Waals surface area contributed by atoms with Crippen LogP contribution < -0.4 is 10.5 Å². The van der Waals surface area contributed by atoms with Crippen molar-refractivity contribution in [3.05, 3.63) is 48.2 Å². The van der Waals surface area contributed by atoms with Gasteiger partial charge in [0, 0.05) is 6.07 Å². The molecule has 4 nitrogen and oxygen atoms in total. The second-order valence-corrected chi connectivity index (χ2v) is 3.18. The maximum atomic E-state index is 12.6. The molecule has 82 valence electrons. The highest BCUT2D eigenvalue weighted by Gasteiger charge is 1.98. The SMILES string of the molecule is Nc1cc(COc2ccc(F)cc2)ncn1. The highest BCUT2D eigenvalue weighted by molar-refractivity contribution is 5.28. The van der Waals surface area contributed by atoms with Crippen LogP contribution in [0.15, 0.2) is 36.7 Å². The summed E-state index contributed by atoms with van der Waals surface area (Å²) >= 11 is 0. The Kier molecular flexibility index (Phi) is 2.95. The molecular weight excluding hydrogens is 209 g/mol. The summed E-state index contributed by atoms with van der Waals surface area (Å²) in [7, 11) is 0. The standard InChI is InChI=1S/C11H10FN3O/c12-8-1-3-10(4-2-8)16-6-9-5-11(13)15-7-14-9/h1-5,7H,6H2,(H2,13,14,15). The number of rotatable bonds is 3. The minimum Gasteiger partial charge on any atom is -0.487 e. The Labute approximate surface area is 91.9 Å². The van der Waals surface area contributed by atoms with Crippen LogP contribution in [-0.2, 0) is 6.61 Å². The van der Waals surface area contributed by atoms with Crippen LogP contribution in [0.25, 0.3) is 0 Å². The third-order valence-electron chi connectivity index (χ3n) is 1.95.